The van der Waals surface area contributed by atoms with Crippen LogP contribution in [0.5, 0.6) is 0 Å². The highest BCUT2D eigenvalue weighted by molar-refractivity contribution is 6.33. The number of carbonyl (C=O) groups is 2. The Kier molecular flexibility index (Phi) is 5.78. The monoisotopic (exact) mass is 402 g/mol. The van der Waals surface area contributed by atoms with E-state index in [-0.39, 0.29) is 18.4 Å². The topological polar surface area (TPSA) is 66.7 Å². The molecule has 2 amide bonds. The molecule has 0 saturated heterocycles. The number of imidazole rings is 1. The van der Waals surface area contributed by atoms with E-state index in [0.717, 1.165) is 0 Å². The van der Waals surface area contributed by atoms with Gasteiger partial charge in [0.2, 0.25) is 11.8 Å². The standard InChI is InChI=1S/C19H16Cl2N4O2/c1-24(12-17(26)22-14-7-3-2-6-13(14)20)18(27)10-9-15-19(21)23-16-8-4-5-11-25(15)16/h2-11H,12H2,1H3,(H,22,26)/b10-9+. The summed E-state index contributed by atoms with van der Waals surface area (Å²) in [5.74, 6) is -0.688. The second-order valence-corrected chi connectivity index (χ2v) is 6.54. The lowest BCUT2D eigenvalue weighted by Crippen LogP contribution is -2.33. The quantitative estimate of drug-likeness (QED) is 0.660. The van der Waals surface area contributed by atoms with Gasteiger partial charge < -0.3 is 10.2 Å². The van der Waals surface area contributed by atoms with Gasteiger partial charge in [0.05, 0.1) is 22.9 Å². The van der Waals surface area contributed by atoms with E-state index in [2.05, 4.69) is 10.3 Å². The highest BCUT2D eigenvalue weighted by Gasteiger charge is 2.13. The Morgan fingerprint density at radius 2 is 1.93 bits per heavy atom. The van der Waals surface area contributed by atoms with Gasteiger partial charge in [-0.05, 0) is 30.3 Å². The van der Waals surface area contributed by atoms with Gasteiger partial charge in [0.1, 0.15) is 5.65 Å². The van der Waals surface area contributed by atoms with Crippen LogP contribution in [0.4, 0.5) is 5.69 Å². The molecule has 27 heavy (non-hydrogen) atoms. The number of para-hydroxylation sites is 1. The first-order chi connectivity index (χ1) is 13.0. The molecule has 0 atom stereocenters. The highest BCUT2D eigenvalue weighted by Crippen LogP contribution is 2.20. The van der Waals surface area contributed by atoms with Crippen molar-refractivity contribution in [2.24, 2.45) is 0 Å². The number of anilines is 1. The van der Waals surface area contributed by atoms with Crippen molar-refractivity contribution in [2.75, 3.05) is 18.9 Å². The molecule has 0 saturated carbocycles. The number of aromatic nitrogens is 2. The van der Waals surface area contributed by atoms with Crippen molar-refractivity contribution in [3.05, 3.63) is 70.6 Å². The maximum Gasteiger partial charge on any atom is 0.246 e. The summed E-state index contributed by atoms with van der Waals surface area (Å²) in [5.41, 5.74) is 1.77. The minimum Gasteiger partial charge on any atom is -0.333 e. The van der Waals surface area contributed by atoms with E-state index in [0.29, 0.717) is 27.2 Å². The van der Waals surface area contributed by atoms with E-state index in [1.54, 1.807) is 40.9 Å². The summed E-state index contributed by atoms with van der Waals surface area (Å²) in [4.78, 5) is 29.9. The number of nitrogens with zero attached hydrogens (tertiary/aromatic N) is 3. The van der Waals surface area contributed by atoms with Gasteiger partial charge in [0.25, 0.3) is 0 Å². The summed E-state index contributed by atoms with van der Waals surface area (Å²) in [6, 6.07) is 12.4. The molecule has 8 heteroatoms. The van der Waals surface area contributed by atoms with E-state index in [1.165, 1.54) is 18.0 Å². The minimum atomic E-state index is -0.347. The van der Waals surface area contributed by atoms with Gasteiger partial charge in [-0.15, -0.1) is 0 Å². The lowest BCUT2D eigenvalue weighted by molar-refractivity contribution is -0.129. The normalized spacial score (nSPS) is 11.1. The zero-order valence-corrected chi connectivity index (χ0v) is 15.9. The molecule has 0 fully saturated rings. The average Bonchev–Trinajstić information content (AvgIpc) is 2.96. The van der Waals surface area contributed by atoms with Crippen LogP contribution in [-0.4, -0.2) is 39.7 Å². The van der Waals surface area contributed by atoms with Crippen LogP contribution in [0.1, 0.15) is 5.69 Å². The van der Waals surface area contributed by atoms with Crippen LogP contribution in [0.25, 0.3) is 11.7 Å². The zero-order chi connectivity index (χ0) is 19.4. The van der Waals surface area contributed by atoms with Gasteiger partial charge in [-0.1, -0.05) is 41.4 Å². The third-order valence-corrected chi connectivity index (χ3v) is 4.42. The van der Waals surface area contributed by atoms with Crippen LogP contribution in [0.2, 0.25) is 10.2 Å². The Balaban J connectivity index is 1.65. The van der Waals surface area contributed by atoms with Crippen molar-refractivity contribution in [3.8, 4) is 0 Å². The molecule has 3 aromatic rings. The van der Waals surface area contributed by atoms with Crippen molar-refractivity contribution in [1.82, 2.24) is 14.3 Å². The van der Waals surface area contributed by atoms with E-state index in [4.69, 9.17) is 23.2 Å². The third-order valence-electron chi connectivity index (χ3n) is 3.81. The van der Waals surface area contributed by atoms with Gasteiger partial charge >= 0.3 is 0 Å². The Hall–Kier alpha value is -2.83. The number of nitrogens with one attached hydrogen (secondary N) is 1. The number of amides is 2. The summed E-state index contributed by atoms with van der Waals surface area (Å²) >= 11 is 12.1. The molecule has 0 spiro atoms. The molecule has 1 N–H and O–H groups in total. The van der Waals surface area contributed by atoms with Gasteiger partial charge in [-0.25, -0.2) is 4.98 Å². The predicted octanol–water partition coefficient (Wildman–Crippen LogP) is 3.75. The molecule has 1 aromatic carbocycles. The molecular formula is C19H16Cl2N4O2. The number of halogens is 2. The molecule has 6 nitrogen and oxygen atoms in total. The number of hydrogen-bond acceptors (Lipinski definition) is 3. The van der Waals surface area contributed by atoms with Crippen molar-refractivity contribution in [2.45, 2.75) is 0 Å². The Bertz CT molecular complexity index is 1030. The van der Waals surface area contributed by atoms with Crippen molar-refractivity contribution >= 4 is 52.4 Å². The number of likely N-dealkylation sites (N-methyl/N-ethyl adjacent to an activating group) is 1. The van der Waals surface area contributed by atoms with Crippen LogP contribution >= 0.6 is 23.2 Å². The van der Waals surface area contributed by atoms with E-state index in [1.807, 2.05) is 18.2 Å². The summed E-state index contributed by atoms with van der Waals surface area (Å²) in [7, 11) is 1.54. The predicted molar refractivity (Wildman–Crippen MR) is 107 cm³/mol. The number of carbonyl (C=O) groups excluding carboxylic acids is 2. The number of benzene rings is 1. The van der Waals surface area contributed by atoms with Crippen LogP contribution < -0.4 is 5.32 Å². The van der Waals surface area contributed by atoms with E-state index < -0.39 is 0 Å². The van der Waals surface area contributed by atoms with Crippen LogP contribution in [0.15, 0.2) is 54.7 Å². The SMILES string of the molecule is CN(CC(=O)Nc1ccccc1Cl)C(=O)/C=C/c1c(Cl)nc2ccccn12. The molecule has 0 aliphatic rings. The Morgan fingerprint density at radius 1 is 1.19 bits per heavy atom. The van der Waals surface area contributed by atoms with Crippen molar-refractivity contribution < 1.29 is 9.59 Å². The molecule has 0 radical (unpaired) electrons. The molecule has 0 bridgehead atoms. The molecule has 2 aromatic heterocycles. The number of pyridine rings is 1. The van der Waals surface area contributed by atoms with E-state index >= 15 is 0 Å². The fraction of sp³-hybridized carbons (Fsp3) is 0.105. The van der Waals surface area contributed by atoms with Gasteiger partial charge in [0.15, 0.2) is 5.15 Å². The number of fused-ring (bicyclic) bond motifs is 1. The van der Waals surface area contributed by atoms with E-state index in [9.17, 15) is 9.59 Å². The lowest BCUT2D eigenvalue weighted by Gasteiger charge is -2.15. The summed E-state index contributed by atoms with van der Waals surface area (Å²) in [6.07, 6.45) is 4.73. The molecule has 0 aliphatic heterocycles. The summed E-state index contributed by atoms with van der Waals surface area (Å²) in [5, 5.41) is 3.40. The zero-order valence-electron chi connectivity index (χ0n) is 14.4. The summed E-state index contributed by atoms with van der Waals surface area (Å²) in [6.45, 7) is -0.116. The fourth-order valence-electron chi connectivity index (χ4n) is 2.46. The number of rotatable bonds is 5. The van der Waals surface area contributed by atoms with Crippen molar-refractivity contribution in [1.29, 1.82) is 0 Å². The Morgan fingerprint density at radius 3 is 2.70 bits per heavy atom. The summed E-state index contributed by atoms with van der Waals surface area (Å²) < 4.78 is 1.77. The molecule has 3 rings (SSSR count). The highest BCUT2D eigenvalue weighted by atomic mass is 35.5. The molecule has 0 aliphatic carbocycles. The molecule has 138 valence electrons. The van der Waals surface area contributed by atoms with Crippen LogP contribution in [0.3, 0.4) is 0 Å². The second kappa shape index (κ2) is 8.24. The largest absolute Gasteiger partial charge is 0.333 e. The first-order valence-corrected chi connectivity index (χ1v) is 8.81. The minimum absolute atomic E-state index is 0.116. The third kappa shape index (κ3) is 4.48. The Labute approximate surface area is 166 Å². The molecule has 2 heterocycles. The van der Waals surface area contributed by atoms with Gasteiger partial charge in [0, 0.05) is 19.3 Å². The average molecular weight is 403 g/mol. The van der Waals surface area contributed by atoms with Gasteiger partial charge in [-0.3, -0.25) is 14.0 Å². The maximum absolute atomic E-state index is 12.3. The van der Waals surface area contributed by atoms with Crippen LogP contribution in [-0.2, 0) is 9.59 Å². The lowest BCUT2D eigenvalue weighted by atomic mass is 10.3. The smallest absolute Gasteiger partial charge is 0.246 e. The number of hydrogen-bond donors (Lipinski definition) is 1. The van der Waals surface area contributed by atoms with Gasteiger partial charge in [-0.2, -0.15) is 0 Å². The van der Waals surface area contributed by atoms with Crippen molar-refractivity contribution in [3.63, 3.8) is 0 Å². The first kappa shape index (κ1) is 18.9. The van der Waals surface area contributed by atoms with Crippen LogP contribution in [0, 0.1) is 0 Å². The fourth-order valence-corrected chi connectivity index (χ4v) is 2.88. The second-order valence-electron chi connectivity index (χ2n) is 5.77. The molecule has 0 unspecified atom stereocenters. The maximum atomic E-state index is 12.3. The first-order valence-electron chi connectivity index (χ1n) is 8.06. The molecular weight excluding hydrogens is 387 g/mol.